The Balaban J connectivity index is 0.00000210. The lowest BCUT2D eigenvalue weighted by Crippen LogP contribution is -2.51. The normalized spacial score (nSPS) is 23.3. The van der Waals surface area contributed by atoms with Crippen LogP contribution in [0.5, 0.6) is 0 Å². The Morgan fingerprint density at radius 1 is 0.963 bits per heavy atom. The second-order valence-electron chi connectivity index (χ2n) is 7.49. The number of carbonyl (C=O) groups is 1. The zero-order valence-electron chi connectivity index (χ0n) is 15.2. The molecule has 0 saturated carbocycles. The molecule has 1 aliphatic heterocycles. The van der Waals surface area contributed by atoms with Gasteiger partial charge in [-0.3, -0.25) is 9.69 Å². The van der Waals surface area contributed by atoms with E-state index in [1.807, 2.05) is 30.3 Å². The molecule has 0 unspecified atom stereocenters. The van der Waals surface area contributed by atoms with Gasteiger partial charge >= 0.3 is 0 Å². The van der Waals surface area contributed by atoms with Crippen LogP contribution in [0.1, 0.15) is 34.3 Å². The standard InChI is InChI=1S/C22H24BrNO2.ClH/c23-19-7-5-15(6-8-19)22(26)16-9-11-24(12-10-16)20-13-17-3-1-2-4-18(17)14-21(20)25;/h1-8,16,20-21,25H,9-14H2;1H/t20-,21-;/m1./s1. The first kappa shape index (κ1) is 20.5. The van der Waals surface area contributed by atoms with Gasteiger partial charge < -0.3 is 5.11 Å². The first-order chi connectivity index (χ1) is 12.6. The molecule has 0 aromatic heterocycles. The van der Waals surface area contributed by atoms with Crippen LogP contribution >= 0.6 is 28.3 Å². The Kier molecular flexibility index (Phi) is 6.74. The van der Waals surface area contributed by atoms with Gasteiger partial charge in [0.15, 0.2) is 5.78 Å². The number of rotatable bonds is 3. The number of likely N-dealkylation sites (tertiary alicyclic amines) is 1. The molecule has 0 radical (unpaired) electrons. The molecular formula is C22H25BrClNO2. The fraction of sp³-hybridized carbons (Fsp3) is 0.409. The molecule has 2 aromatic rings. The van der Waals surface area contributed by atoms with Gasteiger partial charge in [0, 0.05) is 28.4 Å². The molecule has 1 aliphatic carbocycles. The van der Waals surface area contributed by atoms with Crippen molar-refractivity contribution in [3.05, 3.63) is 69.7 Å². The minimum atomic E-state index is -0.316. The number of piperidine rings is 1. The van der Waals surface area contributed by atoms with Crippen molar-refractivity contribution in [1.29, 1.82) is 0 Å². The lowest BCUT2D eigenvalue weighted by atomic mass is 9.83. The predicted molar refractivity (Wildman–Crippen MR) is 114 cm³/mol. The maximum atomic E-state index is 12.7. The second-order valence-corrected chi connectivity index (χ2v) is 8.41. The highest BCUT2D eigenvalue weighted by atomic mass is 79.9. The largest absolute Gasteiger partial charge is 0.391 e. The number of hydrogen-bond acceptors (Lipinski definition) is 3. The van der Waals surface area contributed by atoms with Gasteiger partial charge in [0.05, 0.1) is 6.10 Å². The van der Waals surface area contributed by atoms with Gasteiger partial charge in [-0.15, -0.1) is 12.4 Å². The van der Waals surface area contributed by atoms with E-state index in [1.54, 1.807) is 0 Å². The van der Waals surface area contributed by atoms with E-state index in [2.05, 4.69) is 39.0 Å². The van der Waals surface area contributed by atoms with Crippen LogP contribution in [0.2, 0.25) is 0 Å². The number of benzene rings is 2. The van der Waals surface area contributed by atoms with Crippen molar-refractivity contribution >= 4 is 34.1 Å². The van der Waals surface area contributed by atoms with Gasteiger partial charge in [-0.2, -0.15) is 0 Å². The van der Waals surface area contributed by atoms with Crippen molar-refractivity contribution in [2.75, 3.05) is 13.1 Å². The fourth-order valence-electron chi connectivity index (χ4n) is 4.39. The monoisotopic (exact) mass is 449 g/mol. The third kappa shape index (κ3) is 4.45. The Morgan fingerprint density at radius 3 is 2.19 bits per heavy atom. The maximum absolute atomic E-state index is 12.7. The lowest BCUT2D eigenvalue weighted by Gasteiger charge is -2.41. The minimum absolute atomic E-state index is 0. The third-order valence-electron chi connectivity index (χ3n) is 5.92. The summed E-state index contributed by atoms with van der Waals surface area (Å²) in [6.45, 7) is 1.77. The van der Waals surface area contributed by atoms with Crippen molar-refractivity contribution in [1.82, 2.24) is 4.90 Å². The number of nitrogens with zero attached hydrogens (tertiary/aromatic N) is 1. The first-order valence-electron chi connectivity index (χ1n) is 9.40. The second kappa shape index (κ2) is 8.87. The van der Waals surface area contributed by atoms with E-state index in [-0.39, 0.29) is 36.3 Å². The van der Waals surface area contributed by atoms with Crippen molar-refractivity contribution in [3.8, 4) is 0 Å². The Bertz CT molecular complexity index is 787. The summed E-state index contributed by atoms with van der Waals surface area (Å²) < 4.78 is 0.996. The highest BCUT2D eigenvalue weighted by Crippen LogP contribution is 2.29. The summed E-state index contributed by atoms with van der Waals surface area (Å²) in [6.07, 6.45) is 3.07. The average molecular weight is 451 g/mol. The van der Waals surface area contributed by atoms with Gasteiger partial charge in [0.25, 0.3) is 0 Å². The van der Waals surface area contributed by atoms with E-state index in [0.29, 0.717) is 0 Å². The number of halogens is 2. The van der Waals surface area contributed by atoms with E-state index < -0.39 is 0 Å². The zero-order valence-corrected chi connectivity index (χ0v) is 17.6. The molecule has 3 nitrogen and oxygen atoms in total. The summed E-state index contributed by atoms with van der Waals surface area (Å²) in [7, 11) is 0. The summed E-state index contributed by atoms with van der Waals surface area (Å²) in [6, 6.07) is 16.3. The molecule has 0 bridgehead atoms. The number of carbonyl (C=O) groups excluding carboxylic acids is 1. The number of hydrogen-bond donors (Lipinski definition) is 1. The van der Waals surface area contributed by atoms with Gasteiger partial charge in [0.1, 0.15) is 0 Å². The van der Waals surface area contributed by atoms with E-state index in [9.17, 15) is 9.90 Å². The van der Waals surface area contributed by atoms with Crippen molar-refractivity contribution in [2.24, 2.45) is 5.92 Å². The number of aliphatic hydroxyl groups is 1. The van der Waals surface area contributed by atoms with Crippen LogP contribution in [0.4, 0.5) is 0 Å². The van der Waals surface area contributed by atoms with Crippen molar-refractivity contribution in [2.45, 2.75) is 37.8 Å². The number of aliphatic hydroxyl groups excluding tert-OH is 1. The summed E-state index contributed by atoms with van der Waals surface area (Å²) in [5.41, 5.74) is 3.44. The minimum Gasteiger partial charge on any atom is -0.391 e. The SMILES string of the molecule is Cl.O=C(c1ccc(Br)cc1)C1CCN([C@@H]2Cc3ccccc3C[C@H]2O)CC1. The Morgan fingerprint density at radius 2 is 1.56 bits per heavy atom. The quantitative estimate of drug-likeness (QED) is 0.709. The number of fused-ring (bicyclic) bond motifs is 1. The van der Waals surface area contributed by atoms with Crippen LogP contribution in [0.15, 0.2) is 53.0 Å². The van der Waals surface area contributed by atoms with E-state index in [0.717, 1.165) is 48.8 Å². The molecule has 2 aliphatic rings. The van der Waals surface area contributed by atoms with Crippen LogP contribution in [0, 0.1) is 5.92 Å². The van der Waals surface area contributed by atoms with Gasteiger partial charge in [-0.05, 0) is 55.6 Å². The van der Waals surface area contributed by atoms with Crippen LogP contribution in [0.25, 0.3) is 0 Å². The molecular weight excluding hydrogens is 426 g/mol. The molecule has 144 valence electrons. The first-order valence-corrected chi connectivity index (χ1v) is 10.2. The highest BCUT2D eigenvalue weighted by molar-refractivity contribution is 9.10. The van der Waals surface area contributed by atoms with Gasteiger partial charge in [0.2, 0.25) is 0 Å². The molecule has 0 amide bonds. The van der Waals surface area contributed by atoms with E-state index >= 15 is 0 Å². The summed E-state index contributed by atoms with van der Waals surface area (Å²) in [4.78, 5) is 15.1. The molecule has 2 aromatic carbocycles. The van der Waals surface area contributed by atoms with Crippen LogP contribution in [-0.4, -0.2) is 41.0 Å². The van der Waals surface area contributed by atoms with Crippen molar-refractivity contribution < 1.29 is 9.90 Å². The summed E-state index contributed by atoms with van der Waals surface area (Å²) in [5.74, 6) is 0.354. The molecule has 27 heavy (non-hydrogen) atoms. The molecule has 2 atom stereocenters. The average Bonchev–Trinajstić information content (AvgIpc) is 2.68. The van der Waals surface area contributed by atoms with Crippen LogP contribution < -0.4 is 0 Å². The number of Topliss-reactive ketones (excluding diaryl/α,β-unsaturated/α-hetero) is 1. The van der Waals surface area contributed by atoms with Gasteiger partial charge in [-0.25, -0.2) is 0 Å². The predicted octanol–water partition coefficient (Wildman–Crippen LogP) is 4.29. The Hall–Kier alpha value is -1.20. The van der Waals surface area contributed by atoms with E-state index in [4.69, 9.17) is 0 Å². The smallest absolute Gasteiger partial charge is 0.166 e. The molecule has 5 heteroatoms. The van der Waals surface area contributed by atoms with Crippen molar-refractivity contribution in [3.63, 3.8) is 0 Å². The van der Waals surface area contributed by atoms with Crippen LogP contribution in [-0.2, 0) is 12.8 Å². The van der Waals surface area contributed by atoms with Gasteiger partial charge in [-0.1, -0.05) is 52.3 Å². The summed E-state index contributed by atoms with van der Waals surface area (Å²) in [5, 5.41) is 10.6. The molecule has 1 fully saturated rings. The number of ketones is 1. The third-order valence-corrected chi connectivity index (χ3v) is 6.45. The zero-order chi connectivity index (χ0) is 18.1. The highest BCUT2D eigenvalue weighted by Gasteiger charge is 2.35. The van der Waals surface area contributed by atoms with Crippen LogP contribution in [0.3, 0.4) is 0 Å². The molecule has 4 rings (SSSR count). The topological polar surface area (TPSA) is 40.5 Å². The fourth-order valence-corrected chi connectivity index (χ4v) is 4.66. The molecule has 0 spiro atoms. The lowest BCUT2D eigenvalue weighted by molar-refractivity contribution is 0.0239. The maximum Gasteiger partial charge on any atom is 0.166 e. The molecule has 1 heterocycles. The summed E-state index contributed by atoms with van der Waals surface area (Å²) >= 11 is 3.42. The Labute approximate surface area is 175 Å². The molecule has 1 N–H and O–H groups in total. The molecule has 1 saturated heterocycles. The van der Waals surface area contributed by atoms with E-state index in [1.165, 1.54) is 11.1 Å².